The summed E-state index contributed by atoms with van der Waals surface area (Å²) in [5.74, 6) is 0.972. The molecule has 4 nitrogen and oxygen atoms in total. The Morgan fingerprint density at radius 2 is 2.41 bits per heavy atom. The van der Waals surface area contributed by atoms with Crippen molar-refractivity contribution in [1.82, 2.24) is 5.32 Å². The van der Waals surface area contributed by atoms with E-state index < -0.39 is 0 Å². The molecule has 92 valence electrons. The van der Waals surface area contributed by atoms with Crippen molar-refractivity contribution in [1.29, 1.82) is 0 Å². The van der Waals surface area contributed by atoms with E-state index in [9.17, 15) is 4.79 Å². The van der Waals surface area contributed by atoms with Crippen LogP contribution >= 0.6 is 23.6 Å². The Hall–Kier alpha value is -1.14. The molecule has 17 heavy (non-hydrogen) atoms. The summed E-state index contributed by atoms with van der Waals surface area (Å²) in [6.07, 6.45) is 2.16. The van der Waals surface area contributed by atoms with E-state index in [4.69, 9.17) is 22.7 Å². The van der Waals surface area contributed by atoms with Crippen molar-refractivity contribution in [2.75, 3.05) is 7.11 Å². The van der Waals surface area contributed by atoms with Crippen molar-refractivity contribution >= 4 is 34.5 Å². The first-order valence-electron chi connectivity index (χ1n) is 5.34. The normalized spacial score (nSPS) is 16.3. The number of nitrogens with two attached hydrogens (primary N) is 1. The molecule has 0 spiro atoms. The number of ether oxygens (including phenoxy) is 1. The molecule has 1 heterocycles. The monoisotopic (exact) mass is 270 g/mol. The Kier molecular flexibility index (Phi) is 3.63. The van der Waals surface area contributed by atoms with Crippen LogP contribution in [0.1, 0.15) is 22.5 Å². The van der Waals surface area contributed by atoms with Crippen LogP contribution in [-0.2, 0) is 0 Å². The molecule has 1 aliphatic rings. The number of hydrogen-bond donors (Lipinski definition) is 2. The van der Waals surface area contributed by atoms with Gasteiger partial charge in [0.05, 0.1) is 23.0 Å². The number of amides is 1. The van der Waals surface area contributed by atoms with Crippen LogP contribution in [0.4, 0.5) is 0 Å². The second-order valence-electron chi connectivity index (χ2n) is 4.04. The van der Waals surface area contributed by atoms with Gasteiger partial charge in [0, 0.05) is 11.4 Å². The van der Waals surface area contributed by atoms with Crippen molar-refractivity contribution < 1.29 is 9.53 Å². The van der Waals surface area contributed by atoms with E-state index in [1.165, 1.54) is 11.3 Å². The first-order valence-corrected chi connectivity index (χ1v) is 6.63. The van der Waals surface area contributed by atoms with Crippen LogP contribution in [0.25, 0.3) is 0 Å². The lowest BCUT2D eigenvalue weighted by molar-refractivity contribution is 0.0947. The molecule has 0 aliphatic heterocycles. The minimum atomic E-state index is -0.175. The van der Waals surface area contributed by atoms with Crippen LogP contribution < -0.4 is 15.8 Å². The predicted molar refractivity (Wildman–Crippen MR) is 71.6 cm³/mol. The molecule has 0 saturated heterocycles. The molecule has 6 heteroatoms. The van der Waals surface area contributed by atoms with Gasteiger partial charge in [-0.25, -0.2) is 0 Å². The highest BCUT2D eigenvalue weighted by molar-refractivity contribution is 7.80. The van der Waals surface area contributed by atoms with Gasteiger partial charge >= 0.3 is 0 Å². The van der Waals surface area contributed by atoms with Crippen LogP contribution in [0.2, 0.25) is 0 Å². The van der Waals surface area contributed by atoms with Gasteiger partial charge in [-0.05, 0) is 18.8 Å². The molecule has 0 aromatic carbocycles. The number of carbonyl (C=O) groups excluding carboxylic acids is 1. The zero-order valence-electron chi connectivity index (χ0n) is 9.43. The summed E-state index contributed by atoms with van der Waals surface area (Å²) < 4.78 is 5.04. The molecule has 0 bridgehead atoms. The third-order valence-corrected chi connectivity index (χ3v) is 3.88. The first kappa shape index (κ1) is 12.3. The number of hydrogen-bond acceptors (Lipinski definition) is 4. The lowest BCUT2D eigenvalue weighted by atomic mass is 10.2. The highest BCUT2D eigenvalue weighted by Gasteiger charge is 2.34. The Bertz CT molecular complexity index is 440. The summed E-state index contributed by atoms with van der Waals surface area (Å²) in [5, 5.41) is 4.68. The quantitative estimate of drug-likeness (QED) is 0.797. The fourth-order valence-corrected chi connectivity index (χ4v) is 2.62. The smallest absolute Gasteiger partial charge is 0.262 e. The van der Waals surface area contributed by atoms with Crippen LogP contribution in [0.15, 0.2) is 11.4 Å². The lowest BCUT2D eigenvalue weighted by Crippen LogP contribution is -2.44. The molecule has 1 aromatic rings. The average molecular weight is 270 g/mol. The molecule has 1 amide bonds. The van der Waals surface area contributed by atoms with Crippen LogP contribution in [0, 0.1) is 5.92 Å². The Morgan fingerprint density at radius 3 is 2.88 bits per heavy atom. The summed E-state index contributed by atoms with van der Waals surface area (Å²) >= 11 is 6.32. The van der Waals surface area contributed by atoms with Gasteiger partial charge in [0.1, 0.15) is 5.75 Å². The highest BCUT2D eigenvalue weighted by Crippen LogP contribution is 2.33. The number of carbonyl (C=O) groups is 1. The largest absolute Gasteiger partial charge is 0.496 e. The molecule has 1 unspecified atom stereocenters. The van der Waals surface area contributed by atoms with Gasteiger partial charge in [-0.1, -0.05) is 12.2 Å². The molecule has 1 aromatic heterocycles. The van der Waals surface area contributed by atoms with E-state index in [1.54, 1.807) is 18.6 Å². The number of thiocarbonyl (C=S) groups is 1. The Balaban J connectivity index is 2.02. The molecular formula is C11H14N2O2S2. The zero-order chi connectivity index (χ0) is 12.4. The second-order valence-corrected chi connectivity index (χ2v) is 5.42. The zero-order valence-corrected chi connectivity index (χ0v) is 11.1. The lowest BCUT2D eigenvalue weighted by Gasteiger charge is -2.15. The van der Waals surface area contributed by atoms with Crippen LogP contribution in [-0.4, -0.2) is 24.0 Å². The summed E-state index contributed by atoms with van der Waals surface area (Å²) in [6.45, 7) is 0. The van der Waals surface area contributed by atoms with Gasteiger partial charge in [0.25, 0.3) is 5.91 Å². The third-order valence-electron chi connectivity index (χ3n) is 2.72. The van der Waals surface area contributed by atoms with Crippen molar-refractivity contribution in [3.63, 3.8) is 0 Å². The predicted octanol–water partition coefficient (Wildman–Crippen LogP) is 1.55. The summed E-state index contributed by atoms with van der Waals surface area (Å²) in [7, 11) is 1.58. The molecular weight excluding hydrogens is 256 g/mol. The van der Waals surface area contributed by atoms with E-state index in [0.29, 0.717) is 21.5 Å². The maximum Gasteiger partial charge on any atom is 0.262 e. The van der Waals surface area contributed by atoms with Crippen molar-refractivity contribution in [3.8, 4) is 5.75 Å². The summed E-state index contributed by atoms with van der Waals surface area (Å²) in [5.41, 5.74) is 5.63. The van der Waals surface area contributed by atoms with E-state index in [2.05, 4.69) is 5.32 Å². The molecule has 1 fully saturated rings. The highest BCUT2D eigenvalue weighted by atomic mass is 32.1. The number of methoxy groups -OCH3 is 1. The first-order chi connectivity index (χ1) is 8.11. The van der Waals surface area contributed by atoms with Gasteiger partial charge in [-0.2, -0.15) is 0 Å². The number of rotatable bonds is 5. The third kappa shape index (κ3) is 2.95. The van der Waals surface area contributed by atoms with Crippen molar-refractivity contribution in [2.24, 2.45) is 11.7 Å². The number of nitrogens with one attached hydrogen (secondary N) is 1. The fourth-order valence-electron chi connectivity index (χ4n) is 1.61. The Labute approximate surface area is 109 Å². The Morgan fingerprint density at radius 1 is 1.71 bits per heavy atom. The van der Waals surface area contributed by atoms with Gasteiger partial charge in [0.15, 0.2) is 0 Å². The molecule has 0 radical (unpaired) electrons. The van der Waals surface area contributed by atoms with E-state index in [1.807, 2.05) is 0 Å². The van der Waals surface area contributed by atoms with Gasteiger partial charge in [-0.15, -0.1) is 11.3 Å². The maximum atomic E-state index is 11.9. The van der Waals surface area contributed by atoms with E-state index in [0.717, 1.165) is 12.8 Å². The minimum Gasteiger partial charge on any atom is -0.496 e. The molecule has 3 N–H and O–H groups in total. The molecule has 1 saturated carbocycles. The molecule has 1 atom stereocenters. The molecule has 1 aliphatic carbocycles. The fraction of sp³-hybridized carbons (Fsp3) is 0.455. The summed E-state index contributed by atoms with van der Waals surface area (Å²) in [4.78, 5) is 12.9. The van der Waals surface area contributed by atoms with Gasteiger partial charge < -0.3 is 15.8 Å². The van der Waals surface area contributed by atoms with Gasteiger partial charge in [-0.3, -0.25) is 4.79 Å². The van der Waals surface area contributed by atoms with Crippen molar-refractivity contribution in [2.45, 2.75) is 18.9 Å². The second kappa shape index (κ2) is 5.01. The SMILES string of the molecule is COc1csc(C(=O)NC(C(N)=S)C2CC2)c1. The topological polar surface area (TPSA) is 64.3 Å². The number of thiophene rings is 1. The average Bonchev–Trinajstić information content (AvgIpc) is 3.01. The van der Waals surface area contributed by atoms with Crippen LogP contribution in [0.5, 0.6) is 5.75 Å². The van der Waals surface area contributed by atoms with Crippen molar-refractivity contribution in [3.05, 3.63) is 16.3 Å². The molecule has 2 rings (SSSR count). The summed E-state index contributed by atoms with van der Waals surface area (Å²) in [6, 6.07) is 1.54. The van der Waals surface area contributed by atoms with Crippen LogP contribution in [0.3, 0.4) is 0 Å². The standard InChI is InChI=1S/C11H14N2O2S2/c1-15-7-4-8(17-5-7)11(14)13-9(10(12)16)6-2-3-6/h4-6,9H,2-3H2,1H3,(H2,12,16)(H,13,14). The minimum absolute atomic E-state index is 0.136. The maximum absolute atomic E-state index is 11.9. The van der Waals surface area contributed by atoms with E-state index in [-0.39, 0.29) is 11.9 Å². The van der Waals surface area contributed by atoms with E-state index >= 15 is 0 Å². The van der Waals surface area contributed by atoms with Gasteiger partial charge in [0.2, 0.25) is 0 Å².